The first-order valence-corrected chi connectivity index (χ1v) is 25.7. The quantitative estimate of drug-likeness (QED) is 0.0568. The van der Waals surface area contributed by atoms with Gasteiger partial charge in [-0.3, -0.25) is 0 Å². The number of fused-ring (bicyclic) bond motifs is 1. The van der Waals surface area contributed by atoms with E-state index < -0.39 is 0 Å². The average molecular weight is 829 g/mol. The van der Waals surface area contributed by atoms with Crippen LogP contribution in [-0.4, -0.2) is 8.75 Å². The van der Waals surface area contributed by atoms with E-state index in [1.165, 1.54) is 175 Å². The maximum Gasteiger partial charge on any atom is 0.113 e. The Morgan fingerprint density at radius 1 is 0.418 bits per heavy atom. The maximum atomic E-state index is 4.81. The maximum absolute atomic E-state index is 4.81. The van der Waals surface area contributed by atoms with Gasteiger partial charge in [-0.05, 0) is 117 Å². The molecule has 0 saturated carbocycles. The molecule has 0 atom stereocenters. The van der Waals surface area contributed by atoms with Gasteiger partial charge < -0.3 is 0 Å². The van der Waals surface area contributed by atoms with Crippen molar-refractivity contribution in [2.24, 2.45) is 0 Å². The molecule has 5 aromatic heterocycles. The molecule has 2 nitrogen and oxygen atoms in total. The van der Waals surface area contributed by atoms with Crippen molar-refractivity contribution in [3.8, 4) is 39.7 Å². The van der Waals surface area contributed by atoms with Crippen molar-refractivity contribution >= 4 is 68.1 Å². The fraction of sp³-hybridized carbons (Fsp3) is 0.542. The Bertz CT molecular complexity index is 2070. The number of aromatic nitrogens is 2. The van der Waals surface area contributed by atoms with Crippen LogP contribution in [0.5, 0.6) is 0 Å². The third-order valence-corrected chi connectivity index (χ3v) is 16.8. The molecule has 0 bridgehead atoms. The van der Waals surface area contributed by atoms with Gasteiger partial charge in [0.05, 0.1) is 11.7 Å². The molecule has 55 heavy (non-hydrogen) atoms. The lowest BCUT2D eigenvalue weighted by molar-refractivity contribution is 0.666. The second kappa shape index (κ2) is 21.6. The molecule has 0 aliphatic carbocycles. The van der Waals surface area contributed by atoms with Gasteiger partial charge in [-0.25, -0.2) is 0 Å². The van der Waals surface area contributed by atoms with Crippen molar-refractivity contribution in [3.05, 3.63) is 69.1 Å². The first kappa shape index (κ1) is 42.4. The molecule has 0 fully saturated rings. The van der Waals surface area contributed by atoms with Crippen LogP contribution in [0.3, 0.4) is 0 Å². The zero-order chi connectivity index (χ0) is 38.6. The van der Waals surface area contributed by atoms with Crippen LogP contribution in [0.25, 0.3) is 50.7 Å². The van der Waals surface area contributed by atoms with Gasteiger partial charge in [0.15, 0.2) is 0 Å². The van der Waals surface area contributed by atoms with Crippen LogP contribution in [0.4, 0.5) is 0 Å². The van der Waals surface area contributed by atoms with E-state index in [4.69, 9.17) is 4.37 Å². The fourth-order valence-electron chi connectivity index (χ4n) is 7.91. The Labute approximate surface area is 353 Å². The minimum atomic E-state index is 1.06. The highest BCUT2D eigenvalue weighted by Gasteiger charge is 2.24. The monoisotopic (exact) mass is 828 g/mol. The summed E-state index contributed by atoms with van der Waals surface area (Å²) in [7, 11) is 0. The normalized spacial score (nSPS) is 11.8. The molecular weight excluding hydrogens is 765 g/mol. The second-order valence-electron chi connectivity index (χ2n) is 15.7. The molecule has 0 saturated heterocycles. The Morgan fingerprint density at radius 2 is 0.836 bits per heavy atom. The Kier molecular flexibility index (Phi) is 16.6. The number of unbranched alkanes of at least 4 members (excludes halogenated alkanes) is 12. The topological polar surface area (TPSA) is 25.8 Å². The number of hydrogen-bond donors (Lipinski definition) is 0. The van der Waals surface area contributed by atoms with Gasteiger partial charge in [0.25, 0.3) is 0 Å². The molecule has 6 rings (SSSR count). The number of thiophene rings is 4. The number of hydrogen-bond acceptors (Lipinski definition) is 7. The number of benzene rings is 1. The zero-order valence-corrected chi connectivity index (χ0v) is 38.6. The molecule has 6 aromatic rings. The summed E-state index contributed by atoms with van der Waals surface area (Å²) in [5.41, 5.74) is 10.8. The van der Waals surface area contributed by atoms with E-state index in [1.807, 2.05) is 22.7 Å². The summed E-state index contributed by atoms with van der Waals surface area (Å²) in [6.45, 7) is 13.8. The van der Waals surface area contributed by atoms with Crippen LogP contribution < -0.4 is 0 Å². The molecule has 0 aliphatic rings. The lowest BCUT2D eigenvalue weighted by Crippen LogP contribution is -1.89. The highest BCUT2D eigenvalue weighted by Crippen LogP contribution is 2.51. The van der Waals surface area contributed by atoms with Gasteiger partial charge in [0, 0.05) is 44.6 Å². The molecule has 0 spiro atoms. The summed E-state index contributed by atoms with van der Waals surface area (Å²) in [6.07, 6.45) is 25.5. The van der Waals surface area contributed by atoms with Gasteiger partial charge in [-0.15, -0.1) is 45.3 Å². The van der Waals surface area contributed by atoms with Gasteiger partial charge in [-0.1, -0.05) is 117 Å². The smallest absolute Gasteiger partial charge is 0.113 e. The zero-order valence-electron chi connectivity index (χ0n) is 34.5. The van der Waals surface area contributed by atoms with Crippen molar-refractivity contribution in [2.45, 2.75) is 170 Å². The van der Waals surface area contributed by atoms with E-state index in [0.717, 1.165) is 17.5 Å². The molecule has 0 N–H and O–H groups in total. The number of rotatable bonds is 24. The number of aryl methyl sites for hydroxylation is 6. The Hall–Kier alpha value is -2.16. The Morgan fingerprint density at radius 3 is 1.35 bits per heavy atom. The highest BCUT2D eigenvalue weighted by molar-refractivity contribution is 7.29. The lowest BCUT2D eigenvalue weighted by atomic mass is 10.0. The summed E-state index contributed by atoms with van der Waals surface area (Å²) >= 11 is 9.57. The van der Waals surface area contributed by atoms with E-state index in [2.05, 4.69) is 105 Å². The van der Waals surface area contributed by atoms with E-state index in [-0.39, 0.29) is 0 Å². The molecule has 1 aromatic carbocycles. The third kappa shape index (κ3) is 10.9. The molecular formula is C48H64N2S5. The van der Waals surface area contributed by atoms with Gasteiger partial charge in [0.1, 0.15) is 11.0 Å². The number of nitrogens with zero attached hydrogens (tertiary/aromatic N) is 2. The fourth-order valence-corrected chi connectivity index (χ4v) is 13.7. The van der Waals surface area contributed by atoms with Gasteiger partial charge in [-0.2, -0.15) is 8.75 Å². The molecule has 7 heteroatoms. The molecule has 0 amide bonds. The van der Waals surface area contributed by atoms with Crippen LogP contribution in [0.2, 0.25) is 0 Å². The van der Waals surface area contributed by atoms with Crippen LogP contribution >= 0.6 is 57.1 Å². The van der Waals surface area contributed by atoms with E-state index in [9.17, 15) is 0 Å². The first-order chi connectivity index (χ1) is 26.9. The van der Waals surface area contributed by atoms with Crippen LogP contribution in [0, 0.1) is 13.8 Å². The highest BCUT2D eigenvalue weighted by atomic mass is 32.1. The van der Waals surface area contributed by atoms with Crippen LogP contribution in [0.15, 0.2) is 36.4 Å². The van der Waals surface area contributed by atoms with Crippen molar-refractivity contribution in [1.29, 1.82) is 0 Å². The van der Waals surface area contributed by atoms with E-state index in [1.54, 1.807) is 31.3 Å². The largest absolute Gasteiger partial charge is 0.173 e. The lowest BCUT2D eigenvalue weighted by Gasteiger charge is -2.06. The standard InChI is InChI=1S/C48H64N2S5/c1-7-11-15-19-23-35-29-34(6)51-45(35)41-31-37(25-21-17-13-9-3)47(53-41)48-38(26-22-18-14-10-4)32-42(54-48)46-36(24-20-16-12-8-2)30-40(52-46)39-28-27-33(5)43-44(39)50-55-49-43/h27-32H,7-26H2,1-6H3. The second-order valence-corrected chi connectivity index (χ2v) is 20.7. The first-order valence-electron chi connectivity index (χ1n) is 21.7. The molecule has 296 valence electrons. The predicted octanol–water partition coefficient (Wildman–Crippen LogP) is 17.7. The van der Waals surface area contributed by atoms with E-state index in [0.29, 0.717) is 0 Å². The minimum Gasteiger partial charge on any atom is -0.173 e. The van der Waals surface area contributed by atoms with Crippen molar-refractivity contribution in [1.82, 2.24) is 8.75 Å². The summed E-state index contributed by atoms with van der Waals surface area (Å²) in [6, 6.07) is 14.8. The summed E-state index contributed by atoms with van der Waals surface area (Å²) in [5.74, 6) is 0. The summed E-state index contributed by atoms with van der Waals surface area (Å²) < 4.78 is 9.49. The average Bonchev–Trinajstić information content (AvgIpc) is 4.03. The summed E-state index contributed by atoms with van der Waals surface area (Å²) in [4.78, 5) is 11.9. The van der Waals surface area contributed by atoms with Gasteiger partial charge in [0.2, 0.25) is 0 Å². The van der Waals surface area contributed by atoms with Crippen molar-refractivity contribution < 1.29 is 0 Å². The molecule has 0 unspecified atom stereocenters. The SMILES string of the molecule is CCCCCCc1cc(C)sc1-c1cc(CCCCCC)c(-c2sc(-c3sc(-c4ccc(C)c5nsnc45)cc3CCCCCC)cc2CCCCCC)s1. The van der Waals surface area contributed by atoms with Gasteiger partial charge >= 0.3 is 0 Å². The predicted molar refractivity (Wildman–Crippen MR) is 252 cm³/mol. The summed E-state index contributed by atoms with van der Waals surface area (Å²) in [5, 5.41) is 0. The molecule has 0 aliphatic heterocycles. The minimum absolute atomic E-state index is 1.06. The Balaban J connectivity index is 1.44. The van der Waals surface area contributed by atoms with Crippen LogP contribution in [0.1, 0.15) is 163 Å². The van der Waals surface area contributed by atoms with Crippen molar-refractivity contribution in [3.63, 3.8) is 0 Å². The molecule has 5 heterocycles. The van der Waals surface area contributed by atoms with Crippen molar-refractivity contribution in [2.75, 3.05) is 0 Å². The third-order valence-electron chi connectivity index (χ3n) is 11.1. The van der Waals surface area contributed by atoms with Crippen LogP contribution in [-0.2, 0) is 25.7 Å². The molecule has 0 radical (unpaired) electrons. The van der Waals surface area contributed by atoms with E-state index >= 15 is 0 Å².